The summed E-state index contributed by atoms with van der Waals surface area (Å²) in [6, 6.07) is 22.6. The molecule has 0 aliphatic rings. The summed E-state index contributed by atoms with van der Waals surface area (Å²) in [4.78, 5) is 12.6. The van der Waals surface area contributed by atoms with E-state index in [4.69, 9.17) is 27.9 Å². The minimum absolute atomic E-state index is 0.257. The Morgan fingerprint density at radius 3 is 2.45 bits per heavy atom. The van der Waals surface area contributed by atoms with Gasteiger partial charge in [0.2, 0.25) is 0 Å². The predicted octanol–water partition coefficient (Wildman–Crippen LogP) is 7.70. The highest BCUT2D eigenvalue weighted by molar-refractivity contribution is 14.1. The van der Waals surface area contributed by atoms with Crippen LogP contribution in [0, 0.1) is 7.14 Å². The number of fused-ring (bicyclic) bond motifs is 1. The van der Waals surface area contributed by atoms with Crippen LogP contribution in [0.4, 0.5) is 0 Å². The van der Waals surface area contributed by atoms with Gasteiger partial charge in [-0.1, -0.05) is 65.7 Å². The van der Waals surface area contributed by atoms with Crippen LogP contribution >= 0.6 is 68.4 Å². The molecule has 0 saturated carbocycles. The molecule has 0 aromatic heterocycles. The minimum atomic E-state index is -0.257. The average molecular weight is 701 g/mol. The fourth-order valence-electron chi connectivity index (χ4n) is 3.23. The molecule has 1 N–H and O–H groups in total. The lowest BCUT2D eigenvalue weighted by atomic mass is 10.0. The van der Waals surface area contributed by atoms with Crippen molar-refractivity contribution in [3.8, 4) is 5.75 Å². The summed E-state index contributed by atoms with van der Waals surface area (Å²) < 4.78 is 7.86. The first kappa shape index (κ1) is 24.3. The molecular weight excluding hydrogens is 685 g/mol. The largest absolute Gasteiger partial charge is 0.487 e. The van der Waals surface area contributed by atoms with Gasteiger partial charge in [-0.3, -0.25) is 4.79 Å². The molecule has 4 aromatic carbocycles. The Bertz CT molecular complexity index is 1350. The van der Waals surface area contributed by atoms with Crippen molar-refractivity contribution in [2.75, 3.05) is 0 Å². The number of benzene rings is 4. The van der Waals surface area contributed by atoms with Crippen molar-refractivity contribution in [2.24, 2.45) is 5.10 Å². The third kappa shape index (κ3) is 5.98. The van der Waals surface area contributed by atoms with E-state index in [-0.39, 0.29) is 5.91 Å². The van der Waals surface area contributed by atoms with Crippen molar-refractivity contribution in [3.63, 3.8) is 0 Å². The quantitative estimate of drug-likeness (QED) is 0.127. The molecule has 4 rings (SSSR count). The van der Waals surface area contributed by atoms with Crippen molar-refractivity contribution in [3.05, 3.63) is 107 Å². The van der Waals surface area contributed by atoms with Crippen molar-refractivity contribution in [1.29, 1.82) is 0 Å². The van der Waals surface area contributed by atoms with E-state index in [2.05, 4.69) is 55.7 Å². The predicted molar refractivity (Wildman–Crippen MR) is 152 cm³/mol. The van der Waals surface area contributed by atoms with Gasteiger partial charge in [0.1, 0.15) is 12.4 Å². The second kappa shape index (κ2) is 11.0. The Hall–Kier alpha value is -1.88. The van der Waals surface area contributed by atoms with Gasteiger partial charge in [-0.2, -0.15) is 5.10 Å². The van der Waals surface area contributed by atoms with Gasteiger partial charge in [0, 0.05) is 21.2 Å². The maximum absolute atomic E-state index is 12.6. The molecule has 0 fully saturated rings. The van der Waals surface area contributed by atoms with Gasteiger partial charge >= 0.3 is 0 Å². The second-order valence-corrected chi connectivity index (χ2v) is 10.2. The number of amides is 1. The van der Waals surface area contributed by atoms with Crippen molar-refractivity contribution < 1.29 is 9.53 Å². The number of hydrazone groups is 1. The first-order valence-electron chi connectivity index (χ1n) is 9.79. The zero-order chi connectivity index (χ0) is 23.4. The van der Waals surface area contributed by atoms with Crippen LogP contribution in [0.2, 0.25) is 10.0 Å². The molecule has 0 aliphatic heterocycles. The first-order chi connectivity index (χ1) is 15.9. The summed E-state index contributed by atoms with van der Waals surface area (Å²) in [5, 5.41) is 7.20. The molecule has 0 unspecified atom stereocenters. The number of ether oxygens (including phenoxy) is 1. The molecule has 33 heavy (non-hydrogen) atoms. The number of nitrogens with one attached hydrogen (secondary N) is 1. The molecule has 166 valence electrons. The molecule has 0 spiro atoms. The normalized spacial score (nSPS) is 11.2. The van der Waals surface area contributed by atoms with Crippen molar-refractivity contribution in [1.82, 2.24) is 5.43 Å². The fraction of sp³-hybridized carbons (Fsp3) is 0.0400. The standard InChI is InChI=1S/C25H16Cl2I2N2O2/c26-18-9-8-17(21(27)12-18)14-33-24-22(28)10-15(11-23(24)29)13-30-31-25(32)20-7-3-5-16-4-1-2-6-19(16)20/h1-13H,14H2,(H,31,32)/b30-13+. The molecule has 0 saturated heterocycles. The fourth-order valence-corrected chi connectivity index (χ4v) is 5.82. The number of hydrogen-bond donors (Lipinski definition) is 1. The smallest absolute Gasteiger partial charge is 0.271 e. The maximum atomic E-state index is 12.6. The molecule has 0 aliphatic carbocycles. The highest BCUT2D eigenvalue weighted by atomic mass is 127. The van der Waals surface area contributed by atoms with Gasteiger partial charge in [-0.05, 0) is 91.8 Å². The average Bonchev–Trinajstić information content (AvgIpc) is 2.79. The summed E-state index contributed by atoms with van der Waals surface area (Å²) in [6.07, 6.45) is 1.62. The van der Waals surface area contributed by atoms with E-state index in [1.54, 1.807) is 24.4 Å². The lowest BCUT2D eigenvalue weighted by Gasteiger charge is -2.12. The van der Waals surface area contributed by atoms with Crippen LogP contribution in [0.25, 0.3) is 10.8 Å². The number of carbonyl (C=O) groups excluding carboxylic acids is 1. The lowest BCUT2D eigenvalue weighted by molar-refractivity contribution is 0.0957. The van der Waals surface area contributed by atoms with Crippen molar-refractivity contribution in [2.45, 2.75) is 6.61 Å². The highest BCUT2D eigenvalue weighted by Crippen LogP contribution is 2.30. The Morgan fingerprint density at radius 2 is 1.70 bits per heavy atom. The number of rotatable bonds is 6. The Kier molecular flexibility index (Phi) is 8.11. The van der Waals surface area contributed by atoms with Gasteiger partial charge in [0.05, 0.1) is 13.4 Å². The summed E-state index contributed by atoms with van der Waals surface area (Å²) >= 11 is 16.6. The van der Waals surface area contributed by atoms with Gasteiger partial charge in [-0.25, -0.2) is 5.43 Å². The Balaban J connectivity index is 1.45. The van der Waals surface area contributed by atoms with E-state index in [0.29, 0.717) is 22.2 Å². The first-order valence-corrected chi connectivity index (χ1v) is 12.7. The zero-order valence-electron chi connectivity index (χ0n) is 17.0. The molecule has 1 amide bonds. The molecule has 4 aromatic rings. The summed E-state index contributed by atoms with van der Waals surface area (Å²) in [6.45, 7) is 0.330. The summed E-state index contributed by atoms with van der Waals surface area (Å²) in [7, 11) is 0. The number of halogens is 4. The Morgan fingerprint density at radius 1 is 0.970 bits per heavy atom. The molecule has 0 bridgehead atoms. The SMILES string of the molecule is O=C(N/N=C/c1cc(I)c(OCc2ccc(Cl)cc2Cl)c(I)c1)c1cccc2ccccc12. The van der Waals surface area contributed by atoms with Crippen LogP contribution in [0.3, 0.4) is 0 Å². The van der Waals surface area contributed by atoms with Crippen LogP contribution in [0.5, 0.6) is 5.75 Å². The highest BCUT2D eigenvalue weighted by Gasteiger charge is 2.11. The summed E-state index contributed by atoms with van der Waals surface area (Å²) in [5.41, 5.74) is 4.90. The monoisotopic (exact) mass is 700 g/mol. The molecular formula is C25H16Cl2I2N2O2. The summed E-state index contributed by atoms with van der Waals surface area (Å²) in [5.74, 6) is 0.506. The van der Waals surface area contributed by atoms with E-state index >= 15 is 0 Å². The van der Waals surface area contributed by atoms with Crippen molar-refractivity contribution >= 4 is 91.3 Å². The minimum Gasteiger partial charge on any atom is -0.487 e. The van der Waals surface area contributed by atoms with E-state index in [0.717, 1.165) is 34.8 Å². The third-order valence-electron chi connectivity index (χ3n) is 4.82. The second-order valence-electron chi connectivity index (χ2n) is 7.06. The third-order valence-corrected chi connectivity index (χ3v) is 7.01. The lowest BCUT2D eigenvalue weighted by Crippen LogP contribution is -2.18. The van der Waals surface area contributed by atoms with Gasteiger partial charge in [0.15, 0.2) is 0 Å². The van der Waals surface area contributed by atoms with Gasteiger partial charge in [0.25, 0.3) is 5.91 Å². The topological polar surface area (TPSA) is 50.7 Å². The number of hydrogen-bond acceptors (Lipinski definition) is 3. The van der Waals surface area contributed by atoms with E-state index in [1.165, 1.54) is 0 Å². The van der Waals surface area contributed by atoms with Crippen LogP contribution in [0.1, 0.15) is 21.5 Å². The van der Waals surface area contributed by atoms with Crippen LogP contribution < -0.4 is 10.2 Å². The van der Waals surface area contributed by atoms with Gasteiger partial charge in [-0.15, -0.1) is 0 Å². The van der Waals surface area contributed by atoms with Gasteiger partial charge < -0.3 is 4.74 Å². The van der Waals surface area contributed by atoms with Crippen LogP contribution in [0.15, 0.2) is 77.9 Å². The van der Waals surface area contributed by atoms with E-state index in [1.807, 2.05) is 54.6 Å². The van der Waals surface area contributed by atoms with E-state index in [9.17, 15) is 4.79 Å². The molecule has 8 heteroatoms. The molecule has 0 radical (unpaired) electrons. The zero-order valence-corrected chi connectivity index (χ0v) is 22.8. The number of nitrogens with zero attached hydrogens (tertiary/aromatic N) is 1. The molecule has 0 atom stereocenters. The number of carbonyl (C=O) groups is 1. The Labute approximate surface area is 228 Å². The van der Waals surface area contributed by atoms with Crippen LogP contribution in [-0.4, -0.2) is 12.1 Å². The molecule has 0 heterocycles. The van der Waals surface area contributed by atoms with E-state index < -0.39 is 0 Å². The van der Waals surface area contributed by atoms with Crippen LogP contribution in [-0.2, 0) is 6.61 Å². The maximum Gasteiger partial charge on any atom is 0.271 e. The molecule has 4 nitrogen and oxygen atoms in total.